The Morgan fingerprint density at radius 3 is 2.84 bits per heavy atom. The van der Waals surface area contributed by atoms with Crippen LogP contribution in [0.15, 0.2) is 35.2 Å². The van der Waals surface area contributed by atoms with Crippen LogP contribution >= 0.6 is 11.8 Å². The van der Waals surface area contributed by atoms with Gasteiger partial charge in [0.1, 0.15) is 17.6 Å². The molecule has 0 aliphatic rings. The van der Waals surface area contributed by atoms with Crippen molar-refractivity contribution in [1.29, 1.82) is 0 Å². The lowest BCUT2D eigenvalue weighted by Gasteiger charge is -2.25. The van der Waals surface area contributed by atoms with Crippen LogP contribution in [0.2, 0.25) is 0 Å². The first-order chi connectivity index (χ1) is 9.03. The predicted octanol–water partition coefficient (Wildman–Crippen LogP) is 2.83. The third-order valence-electron chi connectivity index (χ3n) is 3.23. The van der Waals surface area contributed by atoms with Crippen molar-refractivity contribution in [3.05, 3.63) is 42.4 Å². The molecule has 2 aromatic heterocycles. The third kappa shape index (κ3) is 3.42. The minimum Gasteiger partial charge on any atom is -0.467 e. The normalized spacial score (nSPS) is 13.7. The molecule has 0 fully saturated rings. The number of aryl methyl sites for hydroxylation is 1. The van der Waals surface area contributed by atoms with E-state index in [1.54, 1.807) is 6.26 Å². The minimum absolute atomic E-state index is 0.0126. The molecule has 0 aliphatic heterocycles. The van der Waals surface area contributed by atoms with Gasteiger partial charge >= 0.3 is 0 Å². The van der Waals surface area contributed by atoms with E-state index in [0.717, 1.165) is 18.1 Å². The highest BCUT2D eigenvalue weighted by Crippen LogP contribution is 2.25. The number of thioether (sulfide) groups is 1. The van der Waals surface area contributed by atoms with Crippen molar-refractivity contribution >= 4 is 11.8 Å². The topological polar surface area (TPSA) is 43.0 Å². The van der Waals surface area contributed by atoms with Crippen molar-refractivity contribution < 1.29 is 4.42 Å². The number of nitrogens with one attached hydrogen (secondary N) is 1. The second-order valence-electron chi connectivity index (χ2n) is 5.19. The highest BCUT2D eigenvalue weighted by atomic mass is 32.2. The molecule has 1 N–H and O–H groups in total. The zero-order chi connectivity index (χ0) is 13.9. The summed E-state index contributed by atoms with van der Waals surface area (Å²) >= 11 is 1.85. The summed E-state index contributed by atoms with van der Waals surface area (Å²) < 4.78 is 7.75. The minimum atomic E-state index is -0.0126. The van der Waals surface area contributed by atoms with Crippen molar-refractivity contribution in [2.45, 2.75) is 24.6 Å². The van der Waals surface area contributed by atoms with Gasteiger partial charge in [-0.25, -0.2) is 4.98 Å². The first-order valence-corrected chi connectivity index (χ1v) is 7.55. The second kappa shape index (κ2) is 5.84. The van der Waals surface area contributed by atoms with Gasteiger partial charge in [0.15, 0.2) is 0 Å². The molecule has 5 heteroatoms. The number of furan rings is 1. The fraction of sp³-hybridized carbons (Fsp3) is 0.500. The highest BCUT2D eigenvalue weighted by molar-refractivity contribution is 7.99. The molecular formula is C14H21N3OS. The molecule has 0 bridgehead atoms. The molecule has 4 nitrogen and oxygen atoms in total. The van der Waals surface area contributed by atoms with E-state index < -0.39 is 0 Å². The van der Waals surface area contributed by atoms with Gasteiger partial charge in [-0.3, -0.25) is 5.32 Å². The Bertz CT molecular complexity index is 505. The van der Waals surface area contributed by atoms with E-state index in [1.807, 2.05) is 47.9 Å². The highest BCUT2D eigenvalue weighted by Gasteiger charge is 2.24. The maximum Gasteiger partial charge on any atom is 0.133 e. The van der Waals surface area contributed by atoms with Crippen molar-refractivity contribution in [3.63, 3.8) is 0 Å². The Labute approximate surface area is 118 Å². The molecule has 0 amide bonds. The number of hydrogen-bond acceptors (Lipinski definition) is 4. The van der Waals surface area contributed by atoms with Gasteiger partial charge in [-0.1, -0.05) is 0 Å². The van der Waals surface area contributed by atoms with Gasteiger partial charge in [-0.15, -0.1) is 0 Å². The first-order valence-electron chi connectivity index (χ1n) is 6.32. The Hall–Kier alpha value is -1.20. The lowest BCUT2D eigenvalue weighted by molar-refractivity contribution is 0.419. The number of imidazole rings is 1. The average molecular weight is 279 g/mol. The van der Waals surface area contributed by atoms with Gasteiger partial charge in [0.2, 0.25) is 0 Å². The molecule has 19 heavy (non-hydrogen) atoms. The van der Waals surface area contributed by atoms with Gasteiger partial charge in [-0.2, -0.15) is 11.8 Å². The number of hydrogen-bond donors (Lipinski definition) is 1. The van der Waals surface area contributed by atoms with Crippen LogP contribution in [0.3, 0.4) is 0 Å². The van der Waals surface area contributed by atoms with E-state index in [1.165, 1.54) is 0 Å². The van der Waals surface area contributed by atoms with E-state index >= 15 is 0 Å². The van der Waals surface area contributed by atoms with Crippen LogP contribution in [0.25, 0.3) is 0 Å². The molecular weight excluding hydrogens is 258 g/mol. The lowest BCUT2D eigenvalue weighted by atomic mass is 10.1. The van der Waals surface area contributed by atoms with Crippen LogP contribution in [0.1, 0.15) is 31.5 Å². The largest absolute Gasteiger partial charge is 0.467 e. The van der Waals surface area contributed by atoms with Gasteiger partial charge < -0.3 is 8.98 Å². The van der Waals surface area contributed by atoms with Crippen molar-refractivity contribution in [3.8, 4) is 0 Å². The van der Waals surface area contributed by atoms with Crippen molar-refractivity contribution in [2.24, 2.45) is 7.05 Å². The van der Waals surface area contributed by atoms with Gasteiger partial charge in [-0.05, 0) is 32.2 Å². The monoisotopic (exact) mass is 279 g/mol. The molecule has 2 aromatic rings. The zero-order valence-electron chi connectivity index (χ0n) is 11.9. The second-order valence-corrected chi connectivity index (χ2v) is 6.70. The smallest absolute Gasteiger partial charge is 0.133 e. The summed E-state index contributed by atoms with van der Waals surface area (Å²) in [6, 6.07) is 3.88. The fourth-order valence-corrected chi connectivity index (χ4v) is 2.08. The summed E-state index contributed by atoms with van der Waals surface area (Å²) in [5, 5.41) is 3.56. The Balaban J connectivity index is 2.19. The van der Waals surface area contributed by atoms with E-state index in [2.05, 4.69) is 30.4 Å². The average Bonchev–Trinajstić information content (AvgIpc) is 3.02. The number of nitrogens with zero attached hydrogens (tertiary/aromatic N) is 2. The van der Waals surface area contributed by atoms with Gasteiger partial charge in [0.05, 0.1) is 6.26 Å². The Morgan fingerprint density at radius 1 is 1.53 bits per heavy atom. The summed E-state index contributed by atoms with van der Waals surface area (Å²) in [5.41, 5.74) is 0. The lowest BCUT2D eigenvalue weighted by Crippen LogP contribution is -2.35. The van der Waals surface area contributed by atoms with Crippen LogP contribution in [0.5, 0.6) is 0 Å². The molecule has 0 radical (unpaired) electrons. The van der Waals surface area contributed by atoms with Crippen molar-refractivity contribution in [1.82, 2.24) is 14.9 Å². The maximum absolute atomic E-state index is 5.55. The van der Waals surface area contributed by atoms with E-state index in [0.29, 0.717) is 0 Å². The molecule has 104 valence electrons. The first kappa shape index (κ1) is 14.2. The summed E-state index contributed by atoms with van der Waals surface area (Å²) in [4.78, 5) is 4.43. The molecule has 0 spiro atoms. The number of rotatable bonds is 6. The third-order valence-corrected chi connectivity index (χ3v) is 4.48. The number of aromatic nitrogens is 2. The van der Waals surface area contributed by atoms with Crippen LogP contribution in [-0.2, 0) is 7.05 Å². The van der Waals surface area contributed by atoms with E-state index in [9.17, 15) is 0 Å². The zero-order valence-corrected chi connectivity index (χ0v) is 12.7. The Morgan fingerprint density at radius 2 is 2.32 bits per heavy atom. The predicted molar refractivity (Wildman–Crippen MR) is 79.4 cm³/mol. The summed E-state index contributed by atoms with van der Waals surface area (Å²) in [7, 11) is 2.00. The molecule has 1 unspecified atom stereocenters. The molecule has 2 rings (SSSR count). The molecule has 0 aromatic carbocycles. The van der Waals surface area contributed by atoms with Crippen LogP contribution in [0, 0.1) is 0 Å². The van der Waals surface area contributed by atoms with Crippen LogP contribution in [0.4, 0.5) is 0 Å². The van der Waals surface area contributed by atoms with E-state index in [4.69, 9.17) is 4.42 Å². The van der Waals surface area contributed by atoms with Crippen molar-refractivity contribution in [2.75, 3.05) is 12.8 Å². The van der Waals surface area contributed by atoms with Crippen LogP contribution < -0.4 is 5.32 Å². The molecule has 1 atom stereocenters. The molecule has 0 saturated heterocycles. The Kier molecular flexibility index (Phi) is 4.37. The van der Waals surface area contributed by atoms with Gasteiger partial charge in [0, 0.05) is 30.7 Å². The SMILES string of the molecule is CSC(C)(C)CNC(c1ccco1)c1nccn1C. The summed E-state index contributed by atoms with van der Waals surface area (Å²) in [5.74, 6) is 1.86. The van der Waals surface area contributed by atoms with E-state index in [-0.39, 0.29) is 10.8 Å². The molecule has 0 saturated carbocycles. The molecule has 2 heterocycles. The summed E-state index contributed by atoms with van der Waals surface area (Å²) in [6.07, 6.45) is 7.59. The quantitative estimate of drug-likeness (QED) is 0.883. The summed E-state index contributed by atoms with van der Waals surface area (Å²) in [6.45, 7) is 5.33. The molecule has 0 aliphatic carbocycles. The fourth-order valence-electron chi connectivity index (χ4n) is 1.85. The van der Waals surface area contributed by atoms with Crippen LogP contribution in [-0.4, -0.2) is 27.1 Å². The standard InChI is InChI=1S/C14H21N3OS/c1-14(2,19-4)10-16-12(11-6-5-9-18-11)13-15-7-8-17(13)3/h5-9,12,16H,10H2,1-4H3. The maximum atomic E-state index is 5.55. The van der Waals surface area contributed by atoms with Gasteiger partial charge in [0.25, 0.3) is 0 Å².